The van der Waals surface area contributed by atoms with Gasteiger partial charge in [0.1, 0.15) is 0 Å². The Morgan fingerprint density at radius 2 is 1.94 bits per heavy atom. The minimum absolute atomic E-state index is 0.914. The summed E-state index contributed by atoms with van der Waals surface area (Å²) in [5, 5.41) is 0. The van der Waals surface area contributed by atoms with Gasteiger partial charge in [-0.3, -0.25) is 0 Å². The topological polar surface area (TPSA) is 3.24 Å². The van der Waals surface area contributed by atoms with Crippen molar-refractivity contribution in [2.75, 3.05) is 13.6 Å². The summed E-state index contributed by atoms with van der Waals surface area (Å²) in [6.45, 7) is 4.69. The molecule has 1 atom stereocenters. The highest BCUT2D eigenvalue weighted by Gasteiger charge is 2.26. The molecule has 0 spiro atoms. The smallest absolute Gasteiger partial charge is 0.0230 e. The van der Waals surface area contributed by atoms with Crippen LogP contribution < -0.4 is 0 Å². The molecule has 94 valence electrons. The van der Waals surface area contributed by atoms with Crippen molar-refractivity contribution < 1.29 is 0 Å². The van der Waals surface area contributed by atoms with E-state index in [0.29, 0.717) is 0 Å². The third kappa shape index (κ3) is 3.57. The van der Waals surface area contributed by atoms with Crippen LogP contribution in [0.5, 0.6) is 0 Å². The predicted molar refractivity (Wildman–Crippen MR) is 73.9 cm³/mol. The van der Waals surface area contributed by atoms with Crippen LogP contribution in [-0.2, 0) is 6.54 Å². The summed E-state index contributed by atoms with van der Waals surface area (Å²) in [7, 11) is 2.26. The lowest BCUT2D eigenvalue weighted by Gasteiger charge is -2.35. The average molecular weight is 231 g/mol. The fourth-order valence-electron chi connectivity index (χ4n) is 2.88. The molecule has 1 saturated carbocycles. The maximum atomic E-state index is 2.49. The monoisotopic (exact) mass is 231 g/mol. The van der Waals surface area contributed by atoms with Crippen molar-refractivity contribution in [2.24, 2.45) is 11.8 Å². The van der Waals surface area contributed by atoms with Gasteiger partial charge in [-0.2, -0.15) is 0 Å². The molecular formula is C16H25N. The molecule has 17 heavy (non-hydrogen) atoms. The van der Waals surface area contributed by atoms with Crippen molar-refractivity contribution in [3.8, 4) is 0 Å². The lowest BCUT2D eigenvalue weighted by molar-refractivity contribution is 0.147. The maximum absolute atomic E-state index is 2.49. The van der Waals surface area contributed by atoms with Crippen LogP contribution in [0.3, 0.4) is 0 Å². The number of benzene rings is 1. The van der Waals surface area contributed by atoms with E-state index in [1.165, 1.54) is 37.8 Å². The lowest BCUT2D eigenvalue weighted by atomic mass is 9.74. The van der Waals surface area contributed by atoms with Crippen molar-refractivity contribution in [3.63, 3.8) is 0 Å². The van der Waals surface area contributed by atoms with Crippen molar-refractivity contribution in [2.45, 2.75) is 39.2 Å². The fraction of sp³-hybridized carbons (Fsp3) is 0.625. The first-order valence-corrected chi connectivity index (χ1v) is 7.02. The minimum atomic E-state index is 0.914. The molecule has 1 heteroatoms. The van der Waals surface area contributed by atoms with Crippen LogP contribution in [0.15, 0.2) is 30.3 Å². The van der Waals surface area contributed by atoms with Gasteiger partial charge in [-0.15, -0.1) is 0 Å². The fourth-order valence-corrected chi connectivity index (χ4v) is 2.88. The molecule has 0 radical (unpaired) electrons. The van der Waals surface area contributed by atoms with E-state index >= 15 is 0 Å². The molecular weight excluding hydrogens is 206 g/mol. The molecule has 0 amide bonds. The Hall–Kier alpha value is -0.820. The molecule has 1 aliphatic rings. The molecule has 1 nitrogen and oxygen atoms in total. The molecule has 2 rings (SSSR count). The van der Waals surface area contributed by atoms with Crippen LogP contribution in [0.25, 0.3) is 0 Å². The Bertz CT molecular complexity index is 316. The van der Waals surface area contributed by atoms with E-state index in [1.54, 1.807) is 0 Å². The first kappa shape index (κ1) is 12.6. The van der Waals surface area contributed by atoms with Crippen LogP contribution in [0.2, 0.25) is 0 Å². The van der Waals surface area contributed by atoms with Gasteiger partial charge >= 0.3 is 0 Å². The van der Waals surface area contributed by atoms with Crippen LogP contribution in [0, 0.1) is 11.8 Å². The summed E-state index contributed by atoms with van der Waals surface area (Å²) < 4.78 is 0. The van der Waals surface area contributed by atoms with Crippen LogP contribution >= 0.6 is 0 Å². The zero-order valence-corrected chi connectivity index (χ0v) is 11.2. The summed E-state index contributed by atoms with van der Waals surface area (Å²) in [6.07, 6.45) is 5.74. The average Bonchev–Trinajstić information content (AvgIpc) is 2.27. The summed E-state index contributed by atoms with van der Waals surface area (Å²) in [5.74, 6) is 1.93. The summed E-state index contributed by atoms with van der Waals surface area (Å²) in [4.78, 5) is 2.49. The van der Waals surface area contributed by atoms with Gasteiger partial charge in [0, 0.05) is 13.1 Å². The molecule has 0 N–H and O–H groups in total. The Kier molecular flexibility index (Phi) is 4.61. The highest BCUT2D eigenvalue weighted by Crippen LogP contribution is 2.35. The van der Waals surface area contributed by atoms with Gasteiger partial charge in [-0.05, 0) is 24.4 Å². The molecule has 1 aromatic rings. The molecule has 0 saturated heterocycles. The normalized spacial score (nSPS) is 18.1. The highest BCUT2D eigenvalue weighted by atomic mass is 15.1. The third-order valence-corrected chi connectivity index (χ3v) is 4.18. The van der Waals surface area contributed by atoms with E-state index in [4.69, 9.17) is 0 Å². The molecule has 1 aliphatic carbocycles. The van der Waals surface area contributed by atoms with Crippen LogP contribution in [-0.4, -0.2) is 18.5 Å². The molecule has 1 aromatic carbocycles. The minimum Gasteiger partial charge on any atom is -0.302 e. The summed E-state index contributed by atoms with van der Waals surface area (Å²) >= 11 is 0. The van der Waals surface area contributed by atoms with Gasteiger partial charge in [-0.25, -0.2) is 0 Å². The van der Waals surface area contributed by atoms with E-state index < -0.39 is 0 Å². The van der Waals surface area contributed by atoms with E-state index in [0.717, 1.165) is 18.4 Å². The summed E-state index contributed by atoms with van der Waals surface area (Å²) in [6, 6.07) is 10.8. The highest BCUT2D eigenvalue weighted by molar-refractivity contribution is 5.14. The number of hydrogen-bond acceptors (Lipinski definition) is 1. The summed E-state index contributed by atoms with van der Waals surface area (Å²) in [5.41, 5.74) is 1.43. The lowest BCUT2D eigenvalue weighted by Crippen LogP contribution is -2.32. The second-order valence-corrected chi connectivity index (χ2v) is 5.54. The van der Waals surface area contributed by atoms with E-state index in [-0.39, 0.29) is 0 Å². The molecule has 0 aliphatic heterocycles. The largest absolute Gasteiger partial charge is 0.302 e. The number of nitrogens with zero attached hydrogens (tertiary/aromatic N) is 1. The Morgan fingerprint density at radius 3 is 2.47 bits per heavy atom. The van der Waals surface area contributed by atoms with Crippen LogP contribution in [0.1, 0.15) is 38.2 Å². The van der Waals surface area contributed by atoms with E-state index in [9.17, 15) is 0 Å². The molecule has 0 heterocycles. The standard InChI is InChI=1S/C16H25N/c1-3-15(16-10-7-11-16)13-17(2)12-14-8-5-4-6-9-14/h4-6,8-9,15-16H,3,7,10-13H2,1-2H3/t15-/m0/s1. The van der Waals surface area contributed by atoms with Crippen molar-refractivity contribution in [1.82, 2.24) is 4.90 Å². The van der Waals surface area contributed by atoms with Crippen molar-refractivity contribution >= 4 is 0 Å². The van der Waals surface area contributed by atoms with Crippen LogP contribution in [0.4, 0.5) is 0 Å². The van der Waals surface area contributed by atoms with Gasteiger partial charge in [0.05, 0.1) is 0 Å². The van der Waals surface area contributed by atoms with Gasteiger partial charge in [-0.1, -0.05) is 62.9 Å². The predicted octanol–water partition coefficient (Wildman–Crippen LogP) is 3.94. The third-order valence-electron chi connectivity index (χ3n) is 4.18. The number of hydrogen-bond donors (Lipinski definition) is 0. The Labute approximate surface area is 106 Å². The van der Waals surface area contributed by atoms with Crippen molar-refractivity contribution in [1.29, 1.82) is 0 Å². The second-order valence-electron chi connectivity index (χ2n) is 5.54. The SMILES string of the molecule is CC[C@@H](CN(C)Cc1ccccc1)C1CCC1. The first-order chi connectivity index (χ1) is 8.29. The van der Waals surface area contributed by atoms with Gasteiger partial charge in [0.25, 0.3) is 0 Å². The van der Waals surface area contributed by atoms with E-state index in [2.05, 4.69) is 49.2 Å². The molecule has 0 unspecified atom stereocenters. The quantitative estimate of drug-likeness (QED) is 0.716. The first-order valence-electron chi connectivity index (χ1n) is 7.02. The maximum Gasteiger partial charge on any atom is 0.0230 e. The zero-order valence-electron chi connectivity index (χ0n) is 11.2. The molecule has 0 aromatic heterocycles. The van der Waals surface area contributed by atoms with Gasteiger partial charge in [0.15, 0.2) is 0 Å². The van der Waals surface area contributed by atoms with Gasteiger partial charge in [0.2, 0.25) is 0 Å². The number of rotatable bonds is 6. The second kappa shape index (κ2) is 6.20. The van der Waals surface area contributed by atoms with Gasteiger partial charge < -0.3 is 4.90 Å². The van der Waals surface area contributed by atoms with E-state index in [1.807, 2.05) is 0 Å². The molecule has 1 fully saturated rings. The van der Waals surface area contributed by atoms with Crippen molar-refractivity contribution in [3.05, 3.63) is 35.9 Å². The zero-order chi connectivity index (χ0) is 12.1. The Morgan fingerprint density at radius 1 is 1.24 bits per heavy atom. The Balaban J connectivity index is 1.81. The molecule has 0 bridgehead atoms.